The zero-order chi connectivity index (χ0) is 14.9. The lowest BCUT2D eigenvalue weighted by Gasteiger charge is -2.42. The number of aliphatic hydroxyl groups excluding tert-OH is 1. The third kappa shape index (κ3) is 3.28. The number of thiazole rings is 1. The standard InChI is InChI=1S/C13H20N2O4S/c1-9-7-20-12(18)15(9)5-11(17)14-4-10(6-16)19-13(2,3)8-14/h7,10,16H,4-6,8H2,1-3H3. The summed E-state index contributed by atoms with van der Waals surface area (Å²) in [5.74, 6) is -0.122. The van der Waals surface area contributed by atoms with Gasteiger partial charge >= 0.3 is 4.87 Å². The molecule has 2 rings (SSSR count). The fourth-order valence-corrected chi connectivity index (χ4v) is 3.15. The van der Waals surface area contributed by atoms with Gasteiger partial charge in [-0.25, -0.2) is 0 Å². The highest BCUT2D eigenvalue weighted by Crippen LogP contribution is 2.21. The lowest BCUT2D eigenvalue weighted by molar-refractivity contribution is -0.167. The first kappa shape index (κ1) is 15.2. The van der Waals surface area contributed by atoms with E-state index in [1.807, 2.05) is 20.8 Å². The van der Waals surface area contributed by atoms with Crippen LogP contribution in [0.5, 0.6) is 0 Å². The molecule has 7 heteroatoms. The lowest BCUT2D eigenvalue weighted by atomic mass is 10.1. The molecule has 1 atom stereocenters. The highest BCUT2D eigenvalue weighted by Gasteiger charge is 2.35. The maximum atomic E-state index is 12.4. The van der Waals surface area contributed by atoms with Crippen molar-refractivity contribution >= 4 is 17.2 Å². The van der Waals surface area contributed by atoms with Gasteiger partial charge in [0.15, 0.2) is 0 Å². The molecule has 112 valence electrons. The van der Waals surface area contributed by atoms with E-state index in [1.54, 1.807) is 10.3 Å². The molecule has 20 heavy (non-hydrogen) atoms. The van der Waals surface area contributed by atoms with Crippen LogP contribution in [0.2, 0.25) is 0 Å². The van der Waals surface area contributed by atoms with E-state index in [9.17, 15) is 14.7 Å². The normalized spacial score (nSPS) is 22.0. The second-order valence-electron chi connectivity index (χ2n) is 5.69. The quantitative estimate of drug-likeness (QED) is 0.866. The number of aryl methyl sites for hydroxylation is 1. The molecule has 1 saturated heterocycles. The van der Waals surface area contributed by atoms with Gasteiger partial charge in [-0.05, 0) is 20.8 Å². The van der Waals surface area contributed by atoms with Gasteiger partial charge in [-0.3, -0.25) is 14.2 Å². The number of amides is 1. The SMILES string of the molecule is Cc1csc(=O)n1CC(=O)N1CC(CO)OC(C)(C)C1. The topological polar surface area (TPSA) is 71.8 Å². The van der Waals surface area contributed by atoms with Crippen molar-refractivity contribution in [1.29, 1.82) is 0 Å². The molecule has 1 aromatic rings. The first-order valence-electron chi connectivity index (χ1n) is 6.54. The van der Waals surface area contributed by atoms with Crippen molar-refractivity contribution < 1.29 is 14.6 Å². The van der Waals surface area contributed by atoms with E-state index in [2.05, 4.69) is 0 Å². The number of carbonyl (C=O) groups excluding carboxylic acids is 1. The van der Waals surface area contributed by atoms with Gasteiger partial charge in [-0.15, -0.1) is 0 Å². The monoisotopic (exact) mass is 300 g/mol. The minimum atomic E-state index is -0.490. The van der Waals surface area contributed by atoms with Crippen LogP contribution in [0.25, 0.3) is 0 Å². The highest BCUT2D eigenvalue weighted by atomic mass is 32.1. The Morgan fingerprint density at radius 1 is 1.60 bits per heavy atom. The summed E-state index contributed by atoms with van der Waals surface area (Å²) in [6, 6.07) is 0. The van der Waals surface area contributed by atoms with E-state index in [-0.39, 0.29) is 30.0 Å². The number of nitrogens with zero attached hydrogens (tertiary/aromatic N) is 2. The molecule has 0 aliphatic carbocycles. The second-order valence-corrected chi connectivity index (χ2v) is 6.51. The van der Waals surface area contributed by atoms with Crippen LogP contribution < -0.4 is 4.87 Å². The Morgan fingerprint density at radius 2 is 2.30 bits per heavy atom. The van der Waals surface area contributed by atoms with E-state index >= 15 is 0 Å². The van der Waals surface area contributed by atoms with Gasteiger partial charge in [-0.2, -0.15) is 0 Å². The molecular weight excluding hydrogens is 280 g/mol. The van der Waals surface area contributed by atoms with Crippen LogP contribution in [0.3, 0.4) is 0 Å². The summed E-state index contributed by atoms with van der Waals surface area (Å²) in [5.41, 5.74) is 0.301. The van der Waals surface area contributed by atoms with Crippen molar-refractivity contribution in [3.05, 3.63) is 20.7 Å². The average Bonchev–Trinajstić information content (AvgIpc) is 2.68. The number of rotatable bonds is 3. The van der Waals surface area contributed by atoms with Crippen LogP contribution in [0.1, 0.15) is 19.5 Å². The van der Waals surface area contributed by atoms with Gasteiger partial charge in [0, 0.05) is 24.2 Å². The molecule has 1 aromatic heterocycles. The third-order valence-electron chi connectivity index (χ3n) is 3.31. The number of hydrogen-bond acceptors (Lipinski definition) is 5. The van der Waals surface area contributed by atoms with Crippen molar-refractivity contribution in [1.82, 2.24) is 9.47 Å². The fourth-order valence-electron chi connectivity index (χ4n) is 2.41. The van der Waals surface area contributed by atoms with Gasteiger partial charge in [-0.1, -0.05) is 11.3 Å². The zero-order valence-corrected chi connectivity index (χ0v) is 12.8. The zero-order valence-electron chi connectivity index (χ0n) is 12.0. The first-order valence-corrected chi connectivity index (χ1v) is 7.42. The van der Waals surface area contributed by atoms with Crippen LogP contribution >= 0.6 is 11.3 Å². The average molecular weight is 300 g/mol. The van der Waals surface area contributed by atoms with Crippen molar-refractivity contribution in [2.75, 3.05) is 19.7 Å². The summed E-state index contributed by atoms with van der Waals surface area (Å²) in [6.07, 6.45) is -0.372. The molecule has 0 radical (unpaired) electrons. The molecule has 0 spiro atoms. The summed E-state index contributed by atoms with van der Waals surface area (Å²) < 4.78 is 7.15. The predicted octanol–water partition coefficient (Wildman–Crippen LogP) is 0.217. The number of aliphatic hydroxyl groups is 1. The molecule has 1 aliphatic rings. The van der Waals surface area contributed by atoms with Gasteiger partial charge in [0.05, 0.1) is 18.3 Å². The minimum absolute atomic E-state index is 0.0440. The van der Waals surface area contributed by atoms with Crippen molar-refractivity contribution in [3.8, 4) is 0 Å². The Bertz CT molecular complexity index is 549. The van der Waals surface area contributed by atoms with Gasteiger partial charge in [0.1, 0.15) is 6.54 Å². The van der Waals surface area contributed by atoms with E-state index in [0.29, 0.717) is 13.1 Å². The van der Waals surface area contributed by atoms with Crippen LogP contribution in [-0.2, 0) is 16.1 Å². The Balaban J connectivity index is 2.11. The van der Waals surface area contributed by atoms with Crippen molar-refractivity contribution in [2.45, 2.75) is 39.0 Å². The Hall–Kier alpha value is -1.18. The van der Waals surface area contributed by atoms with Crippen LogP contribution in [0.4, 0.5) is 0 Å². The Morgan fingerprint density at radius 3 is 2.85 bits per heavy atom. The fraction of sp³-hybridized carbons (Fsp3) is 0.692. The molecule has 1 amide bonds. The van der Waals surface area contributed by atoms with Crippen molar-refractivity contribution in [3.63, 3.8) is 0 Å². The summed E-state index contributed by atoms with van der Waals surface area (Å²) >= 11 is 1.10. The first-order chi connectivity index (χ1) is 9.32. The molecule has 0 aromatic carbocycles. The minimum Gasteiger partial charge on any atom is -0.394 e. The van der Waals surface area contributed by atoms with E-state index < -0.39 is 5.60 Å². The highest BCUT2D eigenvalue weighted by molar-refractivity contribution is 7.07. The second kappa shape index (κ2) is 5.67. The number of ether oxygens (including phenoxy) is 1. The van der Waals surface area contributed by atoms with Gasteiger partial charge in [0.2, 0.25) is 5.91 Å². The number of aromatic nitrogens is 1. The Kier molecular flexibility index (Phi) is 4.31. The third-order valence-corrected chi connectivity index (χ3v) is 4.19. The maximum Gasteiger partial charge on any atom is 0.307 e. The summed E-state index contributed by atoms with van der Waals surface area (Å²) in [4.78, 5) is 25.5. The van der Waals surface area contributed by atoms with Crippen molar-refractivity contribution in [2.24, 2.45) is 0 Å². The van der Waals surface area contributed by atoms with E-state index in [4.69, 9.17) is 4.74 Å². The van der Waals surface area contributed by atoms with E-state index in [1.165, 1.54) is 4.57 Å². The largest absolute Gasteiger partial charge is 0.394 e. The molecule has 0 saturated carbocycles. The van der Waals surface area contributed by atoms with Crippen LogP contribution in [0.15, 0.2) is 10.2 Å². The number of hydrogen-bond donors (Lipinski definition) is 1. The molecule has 1 N–H and O–H groups in total. The van der Waals surface area contributed by atoms with Gasteiger partial charge < -0.3 is 14.7 Å². The molecule has 1 aliphatic heterocycles. The smallest absolute Gasteiger partial charge is 0.307 e. The predicted molar refractivity (Wildman–Crippen MR) is 75.9 cm³/mol. The number of morpholine rings is 1. The Labute approximate surface area is 121 Å². The molecule has 6 nitrogen and oxygen atoms in total. The maximum absolute atomic E-state index is 12.4. The number of carbonyl (C=O) groups is 1. The van der Waals surface area contributed by atoms with Crippen LogP contribution in [-0.4, -0.2) is 51.9 Å². The summed E-state index contributed by atoms with van der Waals surface area (Å²) in [5, 5.41) is 11.0. The molecular formula is C13H20N2O4S. The summed E-state index contributed by atoms with van der Waals surface area (Å²) in [6.45, 7) is 6.32. The molecule has 1 fully saturated rings. The molecule has 2 heterocycles. The van der Waals surface area contributed by atoms with E-state index in [0.717, 1.165) is 17.0 Å². The molecule has 1 unspecified atom stereocenters. The summed E-state index contributed by atoms with van der Waals surface area (Å²) in [7, 11) is 0. The molecule has 0 bridgehead atoms. The lowest BCUT2D eigenvalue weighted by Crippen LogP contribution is -2.56. The van der Waals surface area contributed by atoms with Crippen LogP contribution in [0, 0.1) is 6.92 Å². The van der Waals surface area contributed by atoms with Gasteiger partial charge in [0.25, 0.3) is 0 Å².